The first-order valence-corrected chi connectivity index (χ1v) is 17.8. The van der Waals surface area contributed by atoms with Gasteiger partial charge in [0, 0.05) is 0 Å². The zero-order valence-electron chi connectivity index (χ0n) is 29.0. The number of hydrogen-bond donors (Lipinski definition) is 0. The molecule has 0 aliphatic rings. The second kappa shape index (κ2) is 35.3. The minimum atomic E-state index is -0.494. The van der Waals surface area contributed by atoms with Gasteiger partial charge >= 0.3 is 6.16 Å². The van der Waals surface area contributed by atoms with Gasteiger partial charge in [-0.15, -0.1) is 24.8 Å². The second-order valence-electron chi connectivity index (χ2n) is 12.3. The average Bonchev–Trinajstić information content (AvgIpc) is 2.92. The van der Waals surface area contributed by atoms with Crippen LogP contribution in [0.15, 0.2) is 0 Å². The Kier molecular flexibility index (Phi) is 38.8. The van der Waals surface area contributed by atoms with Crippen LogP contribution in [-0.2, 0) is 9.47 Å². The van der Waals surface area contributed by atoms with Gasteiger partial charge in [0.1, 0.15) is 12.2 Å². The van der Waals surface area contributed by atoms with Gasteiger partial charge in [-0.3, -0.25) is 0 Å². The van der Waals surface area contributed by atoms with E-state index in [0.717, 1.165) is 38.8 Å². The van der Waals surface area contributed by atoms with Gasteiger partial charge in [-0.1, -0.05) is 105 Å². The molecule has 0 saturated heterocycles. The quantitative estimate of drug-likeness (QED) is 0.0577. The highest BCUT2D eigenvalue weighted by atomic mass is 35.5. The van der Waals surface area contributed by atoms with Crippen molar-refractivity contribution in [1.82, 2.24) is 9.80 Å². The molecule has 0 aliphatic carbocycles. The molecule has 0 rings (SSSR count). The van der Waals surface area contributed by atoms with Crippen molar-refractivity contribution in [1.29, 1.82) is 0 Å². The van der Waals surface area contributed by atoms with Crippen molar-refractivity contribution >= 4 is 31.0 Å². The Balaban J connectivity index is -0.00000760. The summed E-state index contributed by atoms with van der Waals surface area (Å²) in [7, 11) is 0. The maximum absolute atomic E-state index is 12.4. The molecule has 42 heavy (non-hydrogen) atoms. The molecule has 5 nitrogen and oxygen atoms in total. The third kappa shape index (κ3) is 31.2. The summed E-state index contributed by atoms with van der Waals surface area (Å²) in [5, 5.41) is 0. The van der Waals surface area contributed by atoms with Crippen molar-refractivity contribution in [3.05, 3.63) is 0 Å². The van der Waals surface area contributed by atoms with Crippen molar-refractivity contribution < 1.29 is 14.3 Å². The summed E-state index contributed by atoms with van der Waals surface area (Å²) in [5.41, 5.74) is 0. The van der Waals surface area contributed by atoms with Crippen LogP contribution in [0.3, 0.4) is 0 Å². The highest BCUT2D eigenvalue weighted by Gasteiger charge is 2.16. The van der Waals surface area contributed by atoms with Gasteiger partial charge in [0.2, 0.25) is 0 Å². The van der Waals surface area contributed by atoms with Crippen molar-refractivity contribution in [2.45, 2.75) is 182 Å². The lowest BCUT2D eigenvalue weighted by Gasteiger charge is -2.24. The minimum Gasteiger partial charge on any atom is -0.431 e. The van der Waals surface area contributed by atoms with Crippen LogP contribution in [0, 0.1) is 0 Å². The summed E-state index contributed by atoms with van der Waals surface area (Å²) in [4.78, 5) is 17.7. The molecular formula is C35H74Cl2N2O3. The number of carbonyl (C=O) groups is 1. The molecule has 0 radical (unpaired) electrons. The molecule has 0 saturated carbocycles. The number of hydrogen-bond acceptors (Lipinski definition) is 5. The lowest BCUT2D eigenvalue weighted by Crippen LogP contribution is -2.29. The van der Waals surface area contributed by atoms with Crippen LogP contribution in [0.2, 0.25) is 0 Å². The van der Waals surface area contributed by atoms with Gasteiger partial charge in [0.05, 0.1) is 0 Å². The summed E-state index contributed by atoms with van der Waals surface area (Å²) in [6, 6.07) is 0. The Labute approximate surface area is 275 Å². The molecule has 0 amide bonds. The van der Waals surface area contributed by atoms with Crippen molar-refractivity contribution in [2.75, 3.05) is 39.3 Å². The monoisotopic (exact) mass is 641 g/mol. The smallest absolute Gasteiger partial charge is 0.431 e. The van der Waals surface area contributed by atoms with Crippen molar-refractivity contribution in [3.8, 4) is 0 Å². The highest BCUT2D eigenvalue weighted by Crippen LogP contribution is 2.12. The molecular weight excluding hydrogens is 567 g/mol. The third-order valence-corrected chi connectivity index (χ3v) is 8.08. The van der Waals surface area contributed by atoms with Crippen LogP contribution in [0.25, 0.3) is 0 Å². The fraction of sp³-hybridized carbons (Fsp3) is 0.971. The maximum Gasteiger partial charge on any atom is 0.508 e. The van der Waals surface area contributed by atoms with Crippen molar-refractivity contribution in [2.24, 2.45) is 0 Å². The van der Waals surface area contributed by atoms with Crippen LogP contribution < -0.4 is 0 Å². The Morgan fingerprint density at radius 3 is 0.976 bits per heavy atom. The Bertz CT molecular complexity index is 474. The minimum absolute atomic E-state index is 0. The number of ether oxygens (including phenoxy) is 2. The number of nitrogens with zero attached hydrogens (tertiary/aromatic N) is 2. The molecule has 2 unspecified atom stereocenters. The normalized spacial score (nSPS) is 12.6. The molecule has 0 aromatic carbocycles. The molecule has 0 aliphatic heterocycles. The second-order valence-corrected chi connectivity index (χ2v) is 12.3. The summed E-state index contributed by atoms with van der Waals surface area (Å²) in [6.45, 7) is 20.1. The predicted molar refractivity (Wildman–Crippen MR) is 189 cm³/mol. The SMILES string of the molecule is CCCCCCN(CCCCCC)CCCC(C)OC(=O)OC(C)CCCN(CCCCCC)CCCCCC.Cl.Cl. The van der Waals surface area contributed by atoms with E-state index < -0.39 is 6.16 Å². The summed E-state index contributed by atoms with van der Waals surface area (Å²) in [6.07, 6.45) is 24.3. The lowest BCUT2D eigenvalue weighted by atomic mass is 10.1. The lowest BCUT2D eigenvalue weighted by molar-refractivity contribution is 0.00179. The molecule has 0 aromatic rings. The fourth-order valence-electron chi connectivity index (χ4n) is 5.40. The molecule has 0 N–H and O–H groups in total. The fourth-order valence-corrected chi connectivity index (χ4v) is 5.40. The van der Waals surface area contributed by atoms with Gasteiger partial charge in [-0.25, -0.2) is 4.79 Å². The largest absolute Gasteiger partial charge is 0.508 e. The van der Waals surface area contributed by atoms with E-state index in [4.69, 9.17) is 9.47 Å². The first kappa shape index (κ1) is 46.2. The number of unbranched alkanes of at least 4 members (excludes halogenated alkanes) is 12. The first-order chi connectivity index (χ1) is 19.5. The van der Waals surface area contributed by atoms with E-state index in [1.165, 1.54) is 129 Å². The Hall–Kier alpha value is -0.230. The van der Waals surface area contributed by atoms with E-state index >= 15 is 0 Å². The van der Waals surface area contributed by atoms with Crippen LogP contribution in [0.5, 0.6) is 0 Å². The first-order valence-electron chi connectivity index (χ1n) is 17.8. The third-order valence-electron chi connectivity index (χ3n) is 8.08. The molecule has 0 fully saturated rings. The average molecular weight is 642 g/mol. The van der Waals surface area contributed by atoms with E-state index in [1.54, 1.807) is 0 Å². The van der Waals surface area contributed by atoms with Gasteiger partial charge in [0.25, 0.3) is 0 Å². The number of halogens is 2. The van der Waals surface area contributed by atoms with Crippen LogP contribution in [-0.4, -0.2) is 67.4 Å². The molecule has 0 heterocycles. The van der Waals surface area contributed by atoms with Gasteiger partial charge in [-0.2, -0.15) is 0 Å². The molecule has 256 valence electrons. The summed E-state index contributed by atoms with van der Waals surface area (Å²) < 4.78 is 11.2. The molecule has 0 bridgehead atoms. The van der Waals surface area contributed by atoms with E-state index in [9.17, 15) is 4.79 Å². The molecule has 0 aromatic heterocycles. The Morgan fingerprint density at radius 1 is 0.452 bits per heavy atom. The number of rotatable bonds is 30. The number of carbonyl (C=O) groups excluding carboxylic acids is 1. The molecule has 0 spiro atoms. The van der Waals surface area contributed by atoms with E-state index in [-0.39, 0.29) is 37.0 Å². The summed E-state index contributed by atoms with van der Waals surface area (Å²) in [5.74, 6) is 0. The van der Waals surface area contributed by atoms with E-state index in [0.29, 0.717) is 0 Å². The van der Waals surface area contributed by atoms with E-state index in [1.807, 2.05) is 13.8 Å². The van der Waals surface area contributed by atoms with Gasteiger partial charge in [0.15, 0.2) is 0 Å². The van der Waals surface area contributed by atoms with Gasteiger partial charge in [-0.05, 0) is 104 Å². The Morgan fingerprint density at radius 2 is 0.714 bits per heavy atom. The standard InChI is InChI=1S/C35H72N2O3.2ClH/c1-7-11-15-19-27-36(28-20-16-12-8-2)31-23-25-33(5)39-35(38)40-34(6)26-24-32-37(29-21-17-13-9-3)30-22-18-14-10-4;;/h33-34H,7-32H2,1-6H3;2*1H. The topological polar surface area (TPSA) is 42.0 Å². The molecule has 7 heteroatoms. The maximum atomic E-state index is 12.4. The summed E-state index contributed by atoms with van der Waals surface area (Å²) >= 11 is 0. The van der Waals surface area contributed by atoms with E-state index in [2.05, 4.69) is 37.5 Å². The highest BCUT2D eigenvalue weighted by molar-refractivity contribution is 5.85. The van der Waals surface area contributed by atoms with Crippen LogP contribution >= 0.6 is 24.8 Å². The molecule has 2 atom stereocenters. The van der Waals surface area contributed by atoms with Crippen LogP contribution in [0.1, 0.15) is 170 Å². The zero-order chi connectivity index (χ0) is 29.7. The van der Waals surface area contributed by atoms with Crippen molar-refractivity contribution in [3.63, 3.8) is 0 Å². The van der Waals surface area contributed by atoms with Crippen LogP contribution in [0.4, 0.5) is 4.79 Å². The zero-order valence-corrected chi connectivity index (χ0v) is 30.6. The van der Waals surface area contributed by atoms with Gasteiger partial charge < -0.3 is 19.3 Å². The predicted octanol–water partition coefficient (Wildman–Crippen LogP) is 11.2.